The third-order valence-corrected chi connectivity index (χ3v) is 6.92. The summed E-state index contributed by atoms with van der Waals surface area (Å²) in [5.41, 5.74) is 11.5. The molecule has 0 aliphatic heterocycles. The van der Waals surface area contributed by atoms with Crippen LogP contribution < -0.4 is 0 Å². The van der Waals surface area contributed by atoms with Gasteiger partial charge in [0, 0.05) is 4.91 Å². The minimum atomic E-state index is -0.159. The first-order valence-corrected chi connectivity index (χ1v) is 8.63. The van der Waals surface area contributed by atoms with Crippen molar-refractivity contribution in [1.29, 1.82) is 0 Å². The average molecular weight is 313 g/mol. The Labute approximate surface area is 136 Å². The zero-order valence-corrected chi connectivity index (χ0v) is 13.4. The van der Waals surface area contributed by atoms with Gasteiger partial charge in [0.1, 0.15) is 5.75 Å². The summed E-state index contributed by atoms with van der Waals surface area (Å²) >= 11 is 0. The number of aromatic hydroxyl groups is 1. The summed E-state index contributed by atoms with van der Waals surface area (Å²) in [6.07, 6.45) is 6.10. The second-order valence-corrected chi connectivity index (χ2v) is 7.78. The van der Waals surface area contributed by atoms with Crippen LogP contribution in [0, 0.1) is 17.3 Å². The Morgan fingerprint density at radius 3 is 2.87 bits per heavy atom. The molecular weight excluding hydrogens is 290 g/mol. The molecule has 0 heterocycles. The quantitative estimate of drug-likeness (QED) is 0.452. The van der Waals surface area contributed by atoms with Crippen LogP contribution in [0.25, 0.3) is 10.4 Å². The molecule has 4 rings (SSSR count). The number of hydrogen-bond donors (Lipinski definition) is 2. The van der Waals surface area contributed by atoms with Crippen molar-refractivity contribution >= 4 is 5.69 Å². The highest BCUT2D eigenvalue weighted by atomic mass is 16.3. The van der Waals surface area contributed by atoms with Gasteiger partial charge >= 0.3 is 0 Å². The van der Waals surface area contributed by atoms with E-state index in [2.05, 4.69) is 16.9 Å². The number of benzene rings is 1. The molecule has 3 aliphatic carbocycles. The van der Waals surface area contributed by atoms with Gasteiger partial charge < -0.3 is 10.2 Å². The van der Waals surface area contributed by atoms with Gasteiger partial charge in [-0.1, -0.05) is 12.0 Å². The number of aliphatic hydroxyl groups excluding tert-OH is 1. The lowest BCUT2D eigenvalue weighted by atomic mass is 9.55. The van der Waals surface area contributed by atoms with Gasteiger partial charge in [-0.05, 0) is 90.5 Å². The molecule has 1 aromatic rings. The molecule has 2 N–H and O–H groups in total. The number of phenols is 1. The van der Waals surface area contributed by atoms with Crippen molar-refractivity contribution < 1.29 is 10.2 Å². The van der Waals surface area contributed by atoms with Crippen LogP contribution in [0.3, 0.4) is 0 Å². The summed E-state index contributed by atoms with van der Waals surface area (Å²) in [4.78, 5) is 2.83. The standard InChI is InChI=1S/C18H23N3O2/c1-18-7-6-11-12(14(18)4-5-17(18)23)3-2-10-8-16(22)15(20-21-19)9-13(10)11/h8-9,11-12,14,17,22-23H,2-7H2,1H3/t11-,12+,14-,17-,18-/m0/s1. The highest BCUT2D eigenvalue weighted by Gasteiger charge is 2.54. The van der Waals surface area contributed by atoms with Gasteiger partial charge in [-0.15, -0.1) is 0 Å². The summed E-state index contributed by atoms with van der Waals surface area (Å²) in [6, 6.07) is 3.68. The van der Waals surface area contributed by atoms with E-state index in [1.807, 2.05) is 6.07 Å². The maximum Gasteiger partial charge on any atom is 0.125 e. The number of aliphatic hydroxyl groups is 1. The van der Waals surface area contributed by atoms with Crippen LogP contribution in [0.4, 0.5) is 5.69 Å². The fourth-order valence-electron chi connectivity index (χ4n) is 5.70. The van der Waals surface area contributed by atoms with E-state index < -0.39 is 0 Å². The first-order valence-electron chi connectivity index (χ1n) is 8.63. The van der Waals surface area contributed by atoms with E-state index >= 15 is 0 Å². The summed E-state index contributed by atoms with van der Waals surface area (Å²) < 4.78 is 0. The molecule has 0 unspecified atom stereocenters. The maximum atomic E-state index is 10.4. The molecule has 3 aliphatic rings. The van der Waals surface area contributed by atoms with E-state index in [9.17, 15) is 10.2 Å². The van der Waals surface area contributed by atoms with Gasteiger partial charge in [0.15, 0.2) is 0 Å². The summed E-state index contributed by atoms with van der Waals surface area (Å²) in [5, 5.41) is 24.1. The Morgan fingerprint density at radius 1 is 1.26 bits per heavy atom. The first kappa shape index (κ1) is 14.9. The van der Waals surface area contributed by atoms with E-state index in [-0.39, 0.29) is 17.3 Å². The van der Waals surface area contributed by atoms with Crippen LogP contribution in [-0.2, 0) is 6.42 Å². The maximum absolute atomic E-state index is 10.4. The molecule has 0 aromatic heterocycles. The van der Waals surface area contributed by atoms with Gasteiger partial charge in [0.05, 0.1) is 11.8 Å². The van der Waals surface area contributed by atoms with Gasteiger partial charge in [-0.2, -0.15) is 0 Å². The van der Waals surface area contributed by atoms with Gasteiger partial charge in [0.2, 0.25) is 0 Å². The third-order valence-electron chi connectivity index (χ3n) is 6.92. The van der Waals surface area contributed by atoms with Crippen LogP contribution in [0.1, 0.15) is 56.1 Å². The number of fused-ring (bicyclic) bond motifs is 5. The minimum absolute atomic E-state index is 0.0726. The van der Waals surface area contributed by atoms with Gasteiger partial charge in [-0.3, -0.25) is 0 Å². The molecule has 2 fully saturated rings. The average Bonchev–Trinajstić information content (AvgIpc) is 2.84. The van der Waals surface area contributed by atoms with Gasteiger partial charge in [0.25, 0.3) is 0 Å². The van der Waals surface area contributed by atoms with Gasteiger partial charge in [-0.25, -0.2) is 0 Å². The smallest absolute Gasteiger partial charge is 0.125 e. The van der Waals surface area contributed by atoms with Crippen molar-refractivity contribution in [2.45, 2.75) is 57.5 Å². The number of aryl methyl sites for hydroxylation is 1. The predicted molar refractivity (Wildman–Crippen MR) is 87.5 cm³/mol. The highest BCUT2D eigenvalue weighted by Crippen LogP contribution is 2.61. The molecule has 5 atom stereocenters. The van der Waals surface area contributed by atoms with E-state index in [4.69, 9.17) is 5.53 Å². The number of nitrogens with zero attached hydrogens (tertiary/aromatic N) is 3. The second-order valence-electron chi connectivity index (χ2n) is 7.78. The van der Waals surface area contributed by atoms with Crippen molar-refractivity contribution in [3.63, 3.8) is 0 Å². The lowest BCUT2D eigenvalue weighted by molar-refractivity contribution is -0.0226. The topological polar surface area (TPSA) is 89.2 Å². The van der Waals surface area contributed by atoms with Crippen molar-refractivity contribution in [2.24, 2.45) is 22.4 Å². The van der Waals surface area contributed by atoms with Crippen molar-refractivity contribution in [3.8, 4) is 5.75 Å². The summed E-state index contributed by atoms with van der Waals surface area (Å²) in [6.45, 7) is 2.27. The fourth-order valence-corrected chi connectivity index (χ4v) is 5.70. The van der Waals surface area contributed by atoms with Crippen LogP contribution in [0.15, 0.2) is 17.2 Å². The number of phenolic OH excluding ortho intramolecular Hbond substituents is 1. The number of rotatable bonds is 1. The zero-order valence-electron chi connectivity index (χ0n) is 13.4. The number of azide groups is 1. The summed E-state index contributed by atoms with van der Waals surface area (Å²) in [7, 11) is 0. The SMILES string of the molecule is C[C@]12CC[C@@H]3c4cc(N=[N+]=[N-])c(O)cc4CC[C@H]3[C@@H]1CC[C@@H]2O. The fraction of sp³-hybridized carbons (Fsp3) is 0.667. The molecule has 23 heavy (non-hydrogen) atoms. The minimum Gasteiger partial charge on any atom is -0.507 e. The Bertz CT molecular complexity index is 698. The van der Waals surface area contributed by atoms with E-state index in [0.29, 0.717) is 23.4 Å². The molecule has 0 radical (unpaired) electrons. The lowest BCUT2D eigenvalue weighted by Gasteiger charge is -2.50. The van der Waals surface area contributed by atoms with Crippen molar-refractivity contribution in [3.05, 3.63) is 33.7 Å². The monoisotopic (exact) mass is 313 g/mol. The van der Waals surface area contributed by atoms with Crippen molar-refractivity contribution in [2.75, 3.05) is 0 Å². The molecule has 122 valence electrons. The second kappa shape index (κ2) is 5.15. The molecule has 0 saturated heterocycles. The number of hydrogen-bond acceptors (Lipinski definition) is 3. The molecule has 0 bridgehead atoms. The Hall–Kier alpha value is -1.71. The van der Waals surface area contributed by atoms with Crippen LogP contribution >= 0.6 is 0 Å². The Morgan fingerprint density at radius 2 is 2.09 bits per heavy atom. The normalized spacial score (nSPS) is 38.2. The molecule has 5 heteroatoms. The molecular formula is C18H23N3O2. The predicted octanol–water partition coefficient (Wildman–Crippen LogP) is 4.55. The van der Waals surface area contributed by atoms with Crippen molar-refractivity contribution in [1.82, 2.24) is 0 Å². The molecule has 0 amide bonds. The van der Waals surface area contributed by atoms with E-state index in [1.165, 1.54) is 11.1 Å². The molecule has 5 nitrogen and oxygen atoms in total. The van der Waals surface area contributed by atoms with Crippen LogP contribution in [0.5, 0.6) is 5.75 Å². The first-order chi connectivity index (χ1) is 11.0. The largest absolute Gasteiger partial charge is 0.507 e. The molecule has 1 aromatic carbocycles. The van der Waals surface area contributed by atoms with Crippen LogP contribution in [-0.4, -0.2) is 16.3 Å². The zero-order chi connectivity index (χ0) is 16.2. The van der Waals surface area contributed by atoms with Crippen LogP contribution in [0.2, 0.25) is 0 Å². The Balaban J connectivity index is 1.74. The Kier molecular flexibility index (Phi) is 3.33. The summed E-state index contributed by atoms with van der Waals surface area (Å²) in [5.74, 6) is 1.73. The third kappa shape index (κ3) is 2.07. The molecule has 0 spiro atoms. The lowest BCUT2D eigenvalue weighted by Crippen LogP contribution is -2.43. The highest BCUT2D eigenvalue weighted by molar-refractivity contribution is 5.57. The van der Waals surface area contributed by atoms with E-state index in [1.54, 1.807) is 6.07 Å². The van der Waals surface area contributed by atoms with E-state index in [0.717, 1.165) is 38.5 Å². The molecule has 2 saturated carbocycles.